The van der Waals surface area contributed by atoms with Gasteiger partial charge in [0.2, 0.25) is 0 Å². The summed E-state index contributed by atoms with van der Waals surface area (Å²) in [6.07, 6.45) is 2.21. The van der Waals surface area contributed by atoms with Crippen molar-refractivity contribution in [1.82, 2.24) is 4.98 Å². The lowest BCUT2D eigenvalue weighted by atomic mass is 9.80. The average molecular weight is 504 g/mol. The van der Waals surface area contributed by atoms with E-state index in [4.69, 9.17) is 9.72 Å². The van der Waals surface area contributed by atoms with Crippen LogP contribution in [0.4, 0.5) is 0 Å². The Kier molecular flexibility index (Phi) is 8.60. The fourth-order valence-corrected chi connectivity index (χ4v) is 6.53. The smallest absolute Gasteiger partial charge is 0.107 e. The van der Waals surface area contributed by atoms with Crippen molar-refractivity contribution in [1.29, 1.82) is 0 Å². The number of nitrogens with zero attached hydrogens (tertiary/aromatic N) is 1. The molecule has 0 bridgehead atoms. The number of aliphatic hydroxyl groups excluding tert-OH is 2. The highest BCUT2D eigenvalue weighted by Gasteiger charge is 2.40. The molecule has 0 spiro atoms. The van der Waals surface area contributed by atoms with Crippen LogP contribution in [0.2, 0.25) is 0 Å². The standard InChI is InChI=1S/C28H41NO3S2/c1-17(2)26-29-21(16-33-26)9-10-28(18(3)4)13-23(31)25(15-32-28)34-24-11-19(5)20(14-30)12-22(24)27(6,7)8/h11-12,16-18,30-31H,9-10,13-15H2,1-8H3. The SMILES string of the molecule is Cc1cc(SC2=C(O)CC(CCc3csc(C(C)C)n3)(C(C)C)OC2)c(C(C)(C)C)cc1CO. The van der Waals surface area contributed by atoms with Crippen molar-refractivity contribution in [3.8, 4) is 0 Å². The number of aryl methyl sites for hydroxylation is 2. The molecular formula is C28H41NO3S2. The molecule has 1 aliphatic heterocycles. The summed E-state index contributed by atoms with van der Waals surface area (Å²) in [4.78, 5) is 6.80. The van der Waals surface area contributed by atoms with E-state index < -0.39 is 0 Å². The zero-order valence-corrected chi connectivity index (χ0v) is 23.6. The monoisotopic (exact) mass is 503 g/mol. The molecule has 1 unspecified atom stereocenters. The van der Waals surface area contributed by atoms with Gasteiger partial charge in [-0.05, 0) is 53.9 Å². The minimum atomic E-state index is -0.390. The highest BCUT2D eigenvalue weighted by molar-refractivity contribution is 8.03. The molecule has 1 aliphatic rings. The van der Waals surface area contributed by atoms with Crippen molar-refractivity contribution in [3.05, 3.63) is 55.6 Å². The van der Waals surface area contributed by atoms with Gasteiger partial charge in [-0.15, -0.1) is 11.3 Å². The Morgan fingerprint density at radius 1 is 1.21 bits per heavy atom. The Morgan fingerprint density at radius 3 is 2.44 bits per heavy atom. The van der Waals surface area contributed by atoms with Gasteiger partial charge in [-0.2, -0.15) is 0 Å². The van der Waals surface area contributed by atoms with E-state index >= 15 is 0 Å². The van der Waals surface area contributed by atoms with E-state index in [2.05, 4.69) is 66.0 Å². The molecule has 2 N–H and O–H groups in total. The second-order valence-electron chi connectivity index (χ2n) is 11.2. The van der Waals surface area contributed by atoms with Crippen LogP contribution in [0.15, 0.2) is 33.1 Å². The van der Waals surface area contributed by atoms with Gasteiger partial charge in [0.1, 0.15) is 5.76 Å². The molecule has 1 atom stereocenters. The van der Waals surface area contributed by atoms with Gasteiger partial charge in [0.15, 0.2) is 0 Å². The zero-order valence-electron chi connectivity index (χ0n) is 22.0. The molecule has 2 heterocycles. The molecule has 0 aliphatic carbocycles. The number of rotatable bonds is 8. The van der Waals surface area contributed by atoms with Gasteiger partial charge in [-0.1, -0.05) is 66.3 Å². The van der Waals surface area contributed by atoms with Crippen LogP contribution < -0.4 is 0 Å². The number of thiazole rings is 1. The normalized spacial score (nSPS) is 19.5. The molecule has 0 saturated carbocycles. The van der Waals surface area contributed by atoms with E-state index in [1.807, 2.05) is 6.92 Å². The van der Waals surface area contributed by atoms with Crippen molar-refractivity contribution >= 4 is 23.1 Å². The molecule has 0 radical (unpaired) electrons. The molecule has 0 fully saturated rings. The van der Waals surface area contributed by atoms with Gasteiger partial charge in [0.05, 0.1) is 34.4 Å². The van der Waals surface area contributed by atoms with Crippen molar-refractivity contribution in [2.24, 2.45) is 5.92 Å². The van der Waals surface area contributed by atoms with E-state index in [0.717, 1.165) is 39.5 Å². The Hall–Kier alpha value is -1.34. The number of aliphatic hydroxyl groups is 2. The topological polar surface area (TPSA) is 62.6 Å². The summed E-state index contributed by atoms with van der Waals surface area (Å²) in [6.45, 7) is 17.7. The van der Waals surface area contributed by atoms with Crippen LogP contribution in [0.25, 0.3) is 0 Å². The number of ether oxygens (including phenoxy) is 1. The molecule has 2 aromatic rings. The average Bonchev–Trinajstić information content (AvgIpc) is 3.23. The minimum absolute atomic E-state index is 0.0332. The van der Waals surface area contributed by atoms with Gasteiger partial charge in [0, 0.05) is 22.6 Å². The fraction of sp³-hybridized carbons (Fsp3) is 0.607. The highest BCUT2D eigenvalue weighted by atomic mass is 32.2. The third kappa shape index (κ3) is 6.07. The molecular weight excluding hydrogens is 462 g/mol. The van der Waals surface area contributed by atoms with Gasteiger partial charge < -0.3 is 14.9 Å². The molecule has 1 aromatic carbocycles. The van der Waals surface area contributed by atoms with Crippen LogP contribution in [-0.4, -0.2) is 27.4 Å². The summed E-state index contributed by atoms with van der Waals surface area (Å²) in [5.74, 6) is 1.17. The van der Waals surface area contributed by atoms with E-state index in [-0.39, 0.29) is 23.5 Å². The number of hydrogen-bond acceptors (Lipinski definition) is 6. The molecule has 3 rings (SSSR count). The Morgan fingerprint density at radius 2 is 1.91 bits per heavy atom. The van der Waals surface area contributed by atoms with E-state index in [1.54, 1.807) is 23.1 Å². The predicted octanol–water partition coefficient (Wildman–Crippen LogP) is 7.67. The second-order valence-corrected chi connectivity index (χ2v) is 13.2. The molecule has 1 aromatic heterocycles. The van der Waals surface area contributed by atoms with Crippen LogP contribution in [0.5, 0.6) is 0 Å². The first-order chi connectivity index (χ1) is 15.9. The predicted molar refractivity (Wildman–Crippen MR) is 144 cm³/mol. The maximum absolute atomic E-state index is 11.2. The van der Waals surface area contributed by atoms with Crippen LogP contribution in [-0.2, 0) is 23.2 Å². The third-order valence-corrected chi connectivity index (χ3v) is 9.20. The number of hydrogen-bond donors (Lipinski definition) is 2. The van der Waals surface area contributed by atoms with E-state index in [1.165, 1.54) is 10.6 Å². The summed E-state index contributed by atoms with van der Waals surface area (Å²) in [7, 11) is 0. The lowest BCUT2D eigenvalue weighted by Gasteiger charge is -2.41. The van der Waals surface area contributed by atoms with Gasteiger partial charge in [-0.3, -0.25) is 0 Å². The third-order valence-electron chi connectivity index (χ3n) is 6.85. The molecule has 6 heteroatoms. The van der Waals surface area contributed by atoms with Crippen molar-refractivity contribution in [2.45, 2.75) is 103 Å². The summed E-state index contributed by atoms with van der Waals surface area (Å²) in [5, 5.41) is 24.3. The molecule has 0 amide bonds. The Bertz CT molecular complexity index is 1030. The van der Waals surface area contributed by atoms with Crippen molar-refractivity contribution < 1.29 is 14.9 Å². The summed E-state index contributed by atoms with van der Waals surface area (Å²) in [5.41, 5.74) is 3.85. The zero-order chi connectivity index (χ0) is 25.3. The minimum Gasteiger partial charge on any atom is -0.511 e. The van der Waals surface area contributed by atoms with Crippen LogP contribution in [0, 0.1) is 12.8 Å². The van der Waals surface area contributed by atoms with E-state index in [0.29, 0.717) is 24.7 Å². The number of benzene rings is 1. The van der Waals surface area contributed by atoms with Gasteiger partial charge >= 0.3 is 0 Å². The van der Waals surface area contributed by atoms with Crippen LogP contribution in [0.1, 0.15) is 94.6 Å². The lowest BCUT2D eigenvalue weighted by Crippen LogP contribution is -2.42. The fourth-order valence-electron chi connectivity index (χ4n) is 4.38. The largest absolute Gasteiger partial charge is 0.511 e. The van der Waals surface area contributed by atoms with Crippen LogP contribution in [0.3, 0.4) is 0 Å². The molecule has 4 nitrogen and oxygen atoms in total. The van der Waals surface area contributed by atoms with Gasteiger partial charge in [0.25, 0.3) is 0 Å². The molecule has 188 valence electrons. The van der Waals surface area contributed by atoms with E-state index in [9.17, 15) is 10.2 Å². The maximum Gasteiger partial charge on any atom is 0.107 e. The maximum atomic E-state index is 11.2. The summed E-state index contributed by atoms with van der Waals surface area (Å²) < 4.78 is 6.56. The van der Waals surface area contributed by atoms with Crippen molar-refractivity contribution in [3.63, 3.8) is 0 Å². The first kappa shape index (κ1) is 27.3. The number of thioether (sulfide) groups is 1. The summed E-state index contributed by atoms with van der Waals surface area (Å²) >= 11 is 3.34. The first-order valence-electron chi connectivity index (χ1n) is 12.3. The summed E-state index contributed by atoms with van der Waals surface area (Å²) in [6, 6.07) is 4.24. The number of aromatic nitrogens is 1. The Balaban J connectivity index is 1.82. The molecule has 34 heavy (non-hydrogen) atoms. The highest BCUT2D eigenvalue weighted by Crippen LogP contribution is 2.45. The quantitative estimate of drug-likeness (QED) is 0.387. The second kappa shape index (κ2) is 10.7. The molecule has 0 saturated heterocycles. The lowest BCUT2D eigenvalue weighted by molar-refractivity contribution is -0.0884. The first-order valence-corrected chi connectivity index (χ1v) is 14.0. The Labute approximate surface area is 213 Å². The van der Waals surface area contributed by atoms with Crippen molar-refractivity contribution in [2.75, 3.05) is 6.61 Å². The van der Waals surface area contributed by atoms with Gasteiger partial charge in [-0.25, -0.2) is 4.98 Å². The van der Waals surface area contributed by atoms with Crippen LogP contribution >= 0.6 is 23.1 Å².